The van der Waals surface area contributed by atoms with Gasteiger partial charge in [0.25, 0.3) is 0 Å². The normalized spacial score (nSPS) is 26.4. The number of nitrogens with zero attached hydrogens (tertiary/aromatic N) is 2. The number of fused-ring (bicyclic) bond motifs is 2. The van der Waals surface area contributed by atoms with E-state index in [1.54, 1.807) is 6.07 Å². The van der Waals surface area contributed by atoms with E-state index in [9.17, 15) is 4.39 Å². The first-order chi connectivity index (χ1) is 10.1. The molecule has 4 rings (SSSR count). The molecule has 0 aliphatic carbocycles. The molecule has 2 unspecified atom stereocenters. The number of piperidine rings is 1. The second-order valence-corrected chi connectivity index (χ2v) is 6.83. The van der Waals surface area contributed by atoms with Crippen molar-refractivity contribution in [1.82, 2.24) is 14.5 Å². The van der Waals surface area contributed by atoms with Gasteiger partial charge in [-0.3, -0.25) is 4.90 Å². The number of hydrogen-bond donors (Lipinski definition) is 1. The molecule has 2 saturated heterocycles. The average molecular weight is 326 g/mol. The minimum atomic E-state index is -0.404. The first-order valence-electron chi connectivity index (χ1n) is 7.48. The lowest BCUT2D eigenvalue weighted by molar-refractivity contribution is 0.174. The molecule has 2 aliphatic heterocycles. The zero-order valence-electron chi connectivity index (χ0n) is 11.6. The highest BCUT2D eigenvalue weighted by molar-refractivity contribution is 7.71. The number of halogens is 2. The van der Waals surface area contributed by atoms with Crippen LogP contribution in [-0.4, -0.2) is 33.6 Å². The molecule has 0 amide bonds. The maximum atomic E-state index is 13.6. The molecule has 0 radical (unpaired) electrons. The highest BCUT2D eigenvalue weighted by atomic mass is 35.5. The van der Waals surface area contributed by atoms with Gasteiger partial charge < -0.3 is 9.55 Å². The van der Waals surface area contributed by atoms with Gasteiger partial charge in [0.2, 0.25) is 0 Å². The first kappa shape index (κ1) is 13.7. The van der Waals surface area contributed by atoms with Crippen molar-refractivity contribution in [2.45, 2.75) is 37.8 Å². The van der Waals surface area contributed by atoms with Crippen molar-refractivity contribution in [3.8, 4) is 0 Å². The van der Waals surface area contributed by atoms with E-state index in [4.69, 9.17) is 23.8 Å². The van der Waals surface area contributed by atoms with Crippen LogP contribution in [0, 0.1) is 10.6 Å². The molecule has 21 heavy (non-hydrogen) atoms. The van der Waals surface area contributed by atoms with Gasteiger partial charge in [0.15, 0.2) is 4.77 Å². The third-order valence-corrected chi connectivity index (χ3v) is 5.50. The van der Waals surface area contributed by atoms with Crippen molar-refractivity contribution in [2.24, 2.45) is 0 Å². The van der Waals surface area contributed by atoms with Crippen LogP contribution in [0.1, 0.15) is 31.7 Å². The number of benzene rings is 1. The molecule has 3 nitrogen and oxygen atoms in total. The molecule has 112 valence electrons. The van der Waals surface area contributed by atoms with Crippen LogP contribution in [-0.2, 0) is 0 Å². The molecule has 2 atom stereocenters. The standard InChI is InChI=1S/C15H17ClFN3S/c16-9-7-14-11(8-10(9)17)18-15(21)20(14)13-4-6-19-5-2-1-3-12(13)19/h7-8,12-13H,1-6H2,(H,18,21). The van der Waals surface area contributed by atoms with Gasteiger partial charge in [-0.25, -0.2) is 4.39 Å². The van der Waals surface area contributed by atoms with Crippen molar-refractivity contribution in [1.29, 1.82) is 0 Å². The van der Waals surface area contributed by atoms with Crippen molar-refractivity contribution in [2.75, 3.05) is 13.1 Å². The Balaban J connectivity index is 1.84. The minimum Gasteiger partial charge on any atom is -0.330 e. The smallest absolute Gasteiger partial charge is 0.178 e. The Morgan fingerprint density at radius 1 is 1.19 bits per heavy atom. The summed E-state index contributed by atoms with van der Waals surface area (Å²) in [5, 5.41) is 0.156. The summed E-state index contributed by atoms with van der Waals surface area (Å²) in [5.74, 6) is -0.404. The van der Waals surface area contributed by atoms with Crippen LogP contribution < -0.4 is 0 Å². The van der Waals surface area contributed by atoms with Crippen LogP contribution in [0.5, 0.6) is 0 Å². The number of aromatic nitrogens is 2. The SMILES string of the molecule is Fc1cc2[nH]c(=S)n(C3CCN4CCCCC34)c2cc1Cl. The van der Waals surface area contributed by atoms with Crippen molar-refractivity contribution >= 4 is 34.9 Å². The van der Waals surface area contributed by atoms with E-state index >= 15 is 0 Å². The molecular formula is C15H17ClFN3S. The minimum absolute atomic E-state index is 0.156. The maximum absolute atomic E-state index is 13.6. The average Bonchev–Trinajstić information content (AvgIpc) is 3.00. The molecule has 1 aromatic carbocycles. The Kier molecular flexibility index (Phi) is 3.32. The Bertz CT molecular complexity index is 753. The van der Waals surface area contributed by atoms with Gasteiger partial charge in [-0.05, 0) is 44.1 Å². The summed E-state index contributed by atoms with van der Waals surface area (Å²) in [5.41, 5.74) is 1.65. The quantitative estimate of drug-likeness (QED) is 0.791. The van der Waals surface area contributed by atoms with Gasteiger partial charge in [-0.2, -0.15) is 0 Å². The highest BCUT2D eigenvalue weighted by Crippen LogP contribution is 2.37. The molecule has 1 N–H and O–H groups in total. The van der Waals surface area contributed by atoms with Gasteiger partial charge >= 0.3 is 0 Å². The molecule has 6 heteroatoms. The maximum Gasteiger partial charge on any atom is 0.178 e. The molecule has 0 spiro atoms. The number of hydrogen-bond acceptors (Lipinski definition) is 2. The topological polar surface area (TPSA) is 24.0 Å². The third-order valence-electron chi connectivity index (χ3n) is 4.91. The summed E-state index contributed by atoms with van der Waals surface area (Å²) in [6, 6.07) is 4.06. The number of H-pyrrole nitrogens is 1. The summed E-state index contributed by atoms with van der Waals surface area (Å²) in [6.45, 7) is 2.31. The monoisotopic (exact) mass is 325 g/mol. The summed E-state index contributed by atoms with van der Waals surface area (Å²) >= 11 is 11.5. The lowest BCUT2D eigenvalue weighted by atomic mass is 9.99. The highest BCUT2D eigenvalue weighted by Gasteiger charge is 2.37. The fraction of sp³-hybridized carbons (Fsp3) is 0.533. The summed E-state index contributed by atoms with van der Waals surface area (Å²) in [7, 11) is 0. The lowest BCUT2D eigenvalue weighted by Crippen LogP contribution is -2.37. The molecule has 3 heterocycles. The lowest BCUT2D eigenvalue weighted by Gasteiger charge is -2.33. The van der Waals surface area contributed by atoms with E-state index in [2.05, 4.69) is 14.5 Å². The van der Waals surface area contributed by atoms with E-state index in [1.165, 1.54) is 31.9 Å². The predicted octanol–water partition coefficient (Wildman–Crippen LogP) is 4.29. The van der Waals surface area contributed by atoms with Crippen LogP contribution in [0.2, 0.25) is 5.02 Å². The van der Waals surface area contributed by atoms with Gasteiger partial charge in [0.05, 0.1) is 22.1 Å². The van der Waals surface area contributed by atoms with E-state index < -0.39 is 5.82 Å². The Labute approximate surface area is 132 Å². The largest absolute Gasteiger partial charge is 0.330 e. The molecule has 0 saturated carbocycles. The fourth-order valence-corrected chi connectivity index (χ4v) is 4.47. The Morgan fingerprint density at radius 3 is 2.90 bits per heavy atom. The van der Waals surface area contributed by atoms with Crippen molar-refractivity contribution in [3.05, 3.63) is 27.7 Å². The van der Waals surface area contributed by atoms with Gasteiger partial charge in [-0.1, -0.05) is 18.0 Å². The summed E-state index contributed by atoms with van der Waals surface area (Å²) in [4.78, 5) is 5.70. The summed E-state index contributed by atoms with van der Waals surface area (Å²) in [6.07, 6.45) is 4.89. The number of imidazole rings is 1. The van der Waals surface area contributed by atoms with E-state index in [0.29, 0.717) is 16.9 Å². The van der Waals surface area contributed by atoms with Crippen molar-refractivity contribution < 1.29 is 4.39 Å². The summed E-state index contributed by atoms with van der Waals surface area (Å²) < 4.78 is 16.5. The number of aromatic amines is 1. The second kappa shape index (κ2) is 5.07. The second-order valence-electron chi connectivity index (χ2n) is 6.04. The molecule has 2 fully saturated rings. The molecule has 1 aromatic heterocycles. The number of nitrogens with one attached hydrogen (secondary N) is 1. The molecule has 2 aliphatic rings. The van der Waals surface area contributed by atoms with Crippen LogP contribution in [0.4, 0.5) is 4.39 Å². The zero-order chi connectivity index (χ0) is 14.6. The molecule has 0 bridgehead atoms. The molecule has 2 aromatic rings. The van der Waals surface area contributed by atoms with Gasteiger partial charge in [0.1, 0.15) is 5.82 Å². The van der Waals surface area contributed by atoms with Crippen LogP contribution in [0.25, 0.3) is 11.0 Å². The first-order valence-corrected chi connectivity index (χ1v) is 8.27. The van der Waals surface area contributed by atoms with E-state index in [0.717, 1.165) is 24.0 Å². The van der Waals surface area contributed by atoms with Crippen LogP contribution >= 0.6 is 23.8 Å². The zero-order valence-corrected chi connectivity index (χ0v) is 13.2. The van der Waals surface area contributed by atoms with E-state index in [1.807, 2.05) is 0 Å². The Hall–Kier alpha value is -0.910. The Morgan fingerprint density at radius 2 is 2.05 bits per heavy atom. The van der Waals surface area contributed by atoms with Gasteiger partial charge in [-0.15, -0.1) is 0 Å². The van der Waals surface area contributed by atoms with Gasteiger partial charge in [0, 0.05) is 18.7 Å². The van der Waals surface area contributed by atoms with Crippen molar-refractivity contribution in [3.63, 3.8) is 0 Å². The predicted molar refractivity (Wildman–Crippen MR) is 85.0 cm³/mol. The third kappa shape index (κ3) is 2.14. The fourth-order valence-electron chi connectivity index (χ4n) is 3.97. The van der Waals surface area contributed by atoms with Crippen LogP contribution in [0.3, 0.4) is 0 Å². The number of rotatable bonds is 1. The van der Waals surface area contributed by atoms with E-state index in [-0.39, 0.29) is 5.02 Å². The molecular weight excluding hydrogens is 309 g/mol. The van der Waals surface area contributed by atoms with Crippen LogP contribution in [0.15, 0.2) is 12.1 Å².